The number of nitrogens with zero attached hydrogens (tertiary/aromatic N) is 7. The van der Waals surface area contributed by atoms with E-state index >= 15 is 0 Å². The zero-order valence-electron chi connectivity index (χ0n) is 26.2. The molecule has 0 aliphatic carbocycles. The summed E-state index contributed by atoms with van der Waals surface area (Å²) in [5.41, 5.74) is 3.44. The number of hydrogen-bond donors (Lipinski definition) is 1. The first kappa shape index (κ1) is 31.3. The van der Waals surface area contributed by atoms with E-state index in [1.807, 2.05) is 52.0 Å². The molecule has 1 amide bonds. The molecule has 0 radical (unpaired) electrons. The van der Waals surface area contributed by atoms with Crippen molar-refractivity contribution in [3.8, 4) is 28.7 Å². The van der Waals surface area contributed by atoms with Gasteiger partial charge in [0.25, 0.3) is 0 Å². The van der Waals surface area contributed by atoms with Crippen LogP contribution in [0.2, 0.25) is 0 Å². The first-order valence-corrected chi connectivity index (χ1v) is 14.9. The summed E-state index contributed by atoms with van der Waals surface area (Å²) in [6, 6.07) is 13.7. The summed E-state index contributed by atoms with van der Waals surface area (Å²) in [6.45, 7) is 9.35. The molecule has 0 saturated carbocycles. The Bertz CT molecular complexity index is 1640. The average Bonchev–Trinajstić information content (AvgIpc) is 3.54. The highest BCUT2D eigenvalue weighted by atomic mass is 16.6. The molecule has 2 aromatic heterocycles. The normalized spacial score (nSPS) is 14.4. The van der Waals surface area contributed by atoms with Crippen molar-refractivity contribution in [3.05, 3.63) is 72.6 Å². The fraction of sp³-hybridized carbons (Fsp3) is 0.394. The molecule has 1 aliphatic rings. The number of nitrogens with one attached hydrogen (secondary N) is 1. The Balaban J connectivity index is 1.23. The first-order chi connectivity index (χ1) is 21.6. The van der Waals surface area contributed by atoms with Gasteiger partial charge in [-0.1, -0.05) is 12.1 Å². The lowest BCUT2D eigenvalue weighted by Crippen LogP contribution is -2.41. The highest BCUT2D eigenvalue weighted by Gasteiger charge is 2.28. The molecular weight excluding hydrogens is 572 g/mol. The smallest absolute Gasteiger partial charge is 0.410 e. The molecule has 12 nitrogen and oxygen atoms in total. The quantitative estimate of drug-likeness (QED) is 0.242. The molecule has 1 fully saturated rings. The summed E-state index contributed by atoms with van der Waals surface area (Å²) in [4.78, 5) is 27.2. The van der Waals surface area contributed by atoms with Crippen LogP contribution in [-0.4, -0.2) is 67.6 Å². The monoisotopic (exact) mass is 610 g/mol. The summed E-state index contributed by atoms with van der Waals surface area (Å²) in [7, 11) is 1.64. The number of hydrogen-bond acceptors (Lipinski definition) is 10. The van der Waals surface area contributed by atoms with Crippen LogP contribution in [0.3, 0.4) is 0 Å². The van der Waals surface area contributed by atoms with Gasteiger partial charge in [-0.05, 0) is 81.8 Å². The Labute approximate surface area is 263 Å². The largest absolute Gasteiger partial charge is 0.495 e. The summed E-state index contributed by atoms with van der Waals surface area (Å²) in [6.07, 6.45) is 7.74. The van der Waals surface area contributed by atoms with Gasteiger partial charge >= 0.3 is 6.09 Å². The number of piperidine rings is 1. The molecule has 4 aromatic rings. The molecule has 1 aliphatic heterocycles. The molecule has 45 heavy (non-hydrogen) atoms. The van der Waals surface area contributed by atoms with E-state index in [1.165, 1.54) is 6.33 Å². The van der Waals surface area contributed by atoms with Crippen molar-refractivity contribution in [2.75, 3.05) is 25.5 Å². The number of likely N-dealkylation sites (tertiary alicyclic amines) is 1. The van der Waals surface area contributed by atoms with Crippen LogP contribution < -0.4 is 14.8 Å². The molecule has 1 N–H and O–H groups in total. The third-order valence-electron chi connectivity index (χ3n) is 7.42. The van der Waals surface area contributed by atoms with E-state index in [0.717, 1.165) is 35.2 Å². The lowest BCUT2D eigenvalue weighted by atomic mass is 9.89. The Kier molecular flexibility index (Phi) is 9.47. The van der Waals surface area contributed by atoms with Crippen molar-refractivity contribution in [2.24, 2.45) is 0 Å². The zero-order chi connectivity index (χ0) is 32.0. The fourth-order valence-corrected chi connectivity index (χ4v) is 5.19. The van der Waals surface area contributed by atoms with Crippen LogP contribution in [0.15, 0.2) is 61.4 Å². The van der Waals surface area contributed by atoms with Crippen molar-refractivity contribution >= 4 is 17.7 Å². The molecule has 1 unspecified atom stereocenters. The van der Waals surface area contributed by atoms with Gasteiger partial charge in [0.05, 0.1) is 24.9 Å². The molecule has 234 valence electrons. The van der Waals surface area contributed by atoms with Gasteiger partial charge in [-0.2, -0.15) is 10.4 Å². The SMILES string of the molecule is COc1cc(C2CCN(C(=O)OC(C)(C)C)CC2)ccc1Nc1ncc(-c2ccc(C#N)c(OC(C)Cn3cncn3)c2)cn1. The van der Waals surface area contributed by atoms with Crippen molar-refractivity contribution < 1.29 is 19.0 Å². The van der Waals surface area contributed by atoms with Gasteiger partial charge in [0.2, 0.25) is 5.95 Å². The molecular formula is C33H38N8O4. The average molecular weight is 611 g/mol. The number of amides is 1. The van der Waals surface area contributed by atoms with Crippen LogP contribution in [0.1, 0.15) is 57.6 Å². The van der Waals surface area contributed by atoms with Crippen LogP contribution in [0.4, 0.5) is 16.4 Å². The molecule has 5 rings (SSSR count). The standard InChI is InChI=1S/C33H38N8O4/c1-22(19-41-21-35-20-38-41)44-29-14-25(6-7-26(29)16-34)27-17-36-31(37-18-27)39-28-9-8-24(15-30(28)43-5)23-10-12-40(13-11-23)32(42)45-33(2,3)4/h6-9,14-15,17-18,20-23H,10-13,19H2,1-5H3,(H,36,37,39). The fourth-order valence-electron chi connectivity index (χ4n) is 5.19. The number of methoxy groups -OCH3 is 1. The van der Waals surface area contributed by atoms with Gasteiger partial charge < -0.3 is 24.4 Å². The van der Waals surface area contributed by atoms with Gasteiger partial charge in [-0.15, -0.1) is 0 Å². The van der Waals surface area contributed by atoms with E-state index in [1.54, 1.807) is 41.5 Å². The van der Waals surface area contributed by atoms with E-state index in [9.17, 15) is 10.1 Å². The summed E-state index contributed by atoms with van der Waals surface area (Å²) in [5, 5.41) is 17.0. The minimum absolute atomic E-state index is 0.233. The zero-order valence-corrected chi connectivity index (χ0v) is 26.2. The number of carbonyl (C=O) groups excluding carboxylic acids is 1. The van der Waals surface area contributed by atoms with Crippen molar-refractivity contribution in [1.82, 2.24) is 29.6 Å². The highest BCUT2D eigenvalue weighted by Crippen LogP contribution is 2.35. The second kappa shape index (κ2) is 13.6. The number of carbonyl (C=O) groups is 1. The van der Waals surface area contributed by atoms with Crippen LogP contribution in [0, 0.1) is 11.3 Å². The van der Waals surface area contributed by atoms with Crippen LogP contribution in [0.25, 0.3) is 11.1 Å². The lowest BCUT2D eigenvalue weighted by Gasteiger charge is -2.33. The van der Waals surface area contributed by atoms with Gasteiger partial charge in [0.15, 0.2) is 0 Å². The van der Waals surface area contributed by atoms with E-state index in [2.05, 4.69) is 37.5 Å². The third-order valence-corrected chi connectivity index (χ3v) is 7.42. The van der Waals surface area contributed by atoms with Gasteiger partial charge in [0.1, 0.15) is 41.9 Å². The van der Waals surface area contributed by atoms with Crippen molar-refractivity contribution in [2.45, 2.75) is 64.7 Å². The third kappa shape index (κ3) is 8.06. The molecule has 3 heterocycles. The topological polar surface area (TPSA) is 140 Å². The Morgan fingerprint density at radius 3 is 2.49 bits per heavy atom. The van der Waals surface area contributed by atoms with Gasteiger partial charge in [-0.25, -0.2) is 24.4 Å². The molecule has 1 saturated heterocycles. The number of anilines is 2. The number of rotatable bonds is 9. The number of nitriles is 1. The van der Waals surface area contributed by atoms with E-state index in [0.29, 0.717) is 48.6 Å². The summed E-state index contributed by atoms with van der Waals surface area (Å²) in [5.74, 6) is 1.89. The minimum atomic E-state index is -0.505. The predicted molar refractivity (Wildman–Crippen MR) is 168 cm³/mol. The minimum Gasteiger partial charge on any atom is -0.495 e. The Morgan fingerprint density at radius 2 is 1.84 bits per heavy atom. The maximum absolute atomic E-state index is 12.4. The summed E-state index contributed by atoms with van der Waals surface area (Å²) >= 11 is 0. The highest BCUT2D eigenvalue weighted by molar-refractivity contribution is 5.69. The predicted octanol–water partition coefficient (Wildman–Crippen LogP) is 5.94. The molecule has 0 spiro atoms. The van der Waals surface area contributed by atoms with E-state index in [4.69, 9.17) is 14.2 Å². The maximum atomic E-state index is 12.4. The Hall–Kier alpha value is -5.18. The number of benzene rings is 2. The number of aromatic nitrogens is 5. The summed E-state index contributed by atoms with van der Waals surface area (Å²) < 4.78 is 19.0. The lowest BCUT2D eigenvalue weighted by molar-refractivity contribution is 0.0204. The second-order valence-electron chi connectivity index (χ2n) is 12.0. The van der Waals surface area contributed by atoms with Crippen molar-refractivity contribution in [1.29, 1.82) is 5.26 Å². The van der Waals surface area contributed by atoms with Crippen LogP contribution >= 0.6 is 0 Å². The van der Waals surface area contributed by atoms with Gasteiger partial charge in [0, 0.05) is 31.0 Å². The van der Waals surface area contributed by atoms with Crippen LogP contribution in [-0.2, 0) is 11.3 Å². The first-order valence-electron chi connectivity index (χ1n) is 14.9. The van der Waals surface area contributed by atoms with E-state index in [-0.39, 0.29) is 12.2 Å². The molecule has 12 heteroatoms. The number of ether oxygens (including phenoxy) is 3. The van der Waals surface area contributed by atoms with Crippen molar-refractivity contribution in [3.63, 3.8) is 0 Å². The Morgan fingerprint density at radius 1 is 1.09 bits per heavy atom. The maximum Gasteiger partial charge on any atom is 0.410 e. The second-order valence-corrected chi connectivity index (χ2v) is 12.0. The molecule has 2 aromatic carbocycles. The molecule has 0 bridgehead atoms. The van der Waals surface area contributed by atoms with Crippen LogP contribution in [0.5, 0.6) is 11.5 Å². The van der Waals surface area contributed by atoms with E-state index < -0.39 is 5.60 Å². The molecule has 1 atom stereocenters. The van der Waals surface area contributed by atoms with Gasteiger partial charge in [-0.3, -0.25) is 0 Å².